The molecular weight excluding hydrogens is 160 g/mol. The first kappa shape index (κ1) is 7.74. The fraction of sp³-hybridized carbons (Fsp3) is 0. The van der Waals surface area contributed by atoms with Gasteiger partial charge >= 0.3 is 9.92 Å². The molecule has 0 heterocycles. The lowest BCUT2D eigenvalue weighted by atomic mass is 10.3. The van der Waals surface area contributed by atoms with Gasteiger partial charge in [-0.2, -0.15) is 0 Å². The Kier molecular flexibility index (Phi) is 3.13. The van der Waals surface area contributed by atoms with Gasteiger partial charge in [0, 0.05) is 5.69 Å². The maximum absolute atomic E-state index is 9.52. The summed E-state index contributed by atoms with van der Waals surface area (Å²) in [5.74, 6) is 0. The lowest BCUT2D eigenvalue weighted by Gasteiger charge is -2.00. The van der Waals surface area contributed by atoms with Crippen LogP contribution in [0.15, 0.2) is 35.7 Å². The van der Waals surface area contributed by atoms with Gasteiger partial charge < -0.3 is 9.51 Å². The van der Waals surface area contributed by atoms with Gasteiger partial charge in [-0.15, -0.1) is 4.91 Å². The smallest absolute Gasteiger partial charge is 0.363 e. The van der Waals surface area contributed by atoms with Crippen molar-refractivity contribution in [3.63, 3.8) is 0 Å². The van der Waals surface area contributed by atoms with E-state index in [1.807, 2.05) is 30.3 Å². The van der Waals surface area contributed by atoms with Gasteiger partial charge in [0.15, 0.2) is 0 Å². The number of nitrogens with one attached hydrogen (secondary N) is 1. The molecule has 0 aliphatic heterocycles. The van der Waals surface area contributed by atoms with Crippen molar-refractivity contribution in [2.24, 2.45) is 5.34 Å². The molecule has 1 N–H and O–H groups in total. The molecule has 0 unspecified atom stereocenters. The van der Waals surface area contributed by atoms with Gasteiger partial charge in [0.2, 0.25) is 0 Å². The van der Waals surface area contributed by atoms with Crippen molar-refractivity contribution in [3.8, 4) is 0 Å². The van der Waals surface area contributed by atoms with E-state index in [0.717, 1.165) is 5.69 Å². The van der Waals surface area contributed by atoms with Gasteiger partial charge in [0.1, 0.15) is 5.34 Å². The maximum Gasteiger partial charge on any atom is 0.363 e. The number of anilines is 1. The summed E-state index contributed by atoms with van der Waals surface area (Å²) in [5.41, 5.74) is 0.961. The molecule has 0 aliphatic rings. The molecule has 0 bridgehead atoms. The Labute approximate surface area is 66.5 Å². The minimum atomic E-state index is -1.02. The van der Waals surface area contributed by atoms with Crippen LogP contribution in [0.25, 0.3) is 0 Å². The van der Waals surface area contributed by atoms with Crippen LogP contribution in [0, 0.1) is 4.91 Å². The Morgan fingerprint density at radius 1 is 1.36 bits per heavy atom. The highest BCUT2D eigenvalue weighted by atomic mass is 28.2. The summed E-state index contributed by atoms with van der Waals surface area (Å²) in [6.07, 6.45) is 0. The highest BCUT2D eigenvalue weighted by Crippen LogP contribution is 2.02. The summed E-state index contributed by atoms with van der Waals surface area (Å²) in [6, 6.07) is 9.55. The summed E-state index contributed by atoms with van der Waals surface area (Å²) in [6.45, 7) is 0. The van der Waals surface area contributed by atoms with Crippen molar-refractivity contribution in [1.29, 1.82) is 0 Å². The fourth-order valence-corrected chi connectivity index (χ4v) is 1.22. The second kappa shape index (κ2) is 4.45. The first-order chi connectivity index (χ1) is 5.43. The van der Waals surface area contributed by atoms with E-state index in [4.69, 9.17) is 0 Å². The molecule has 0 saturated carbocycles. The number of hydrogen-bond donors (Lipinski definition) is 1. The fourth-order valence-electron chi connectivity index (χ4n) is 0.698. The molecular formula is C6H8N2O2Si. The van der Waals surface area contributed by atoms with Crippen LogP contribution < -0.4 is 4.98 Å². The van der Waals surface area contributed by atoms with Crippen molar-refractivity contribution in [3.05, 3.63) is 35.2 Å². The van der Waals surface area contributed by atoms with Crippen LogP contribution in [0.1, 0.15) is 0 Å². The number of para-hydroxylation sites is 1. The maximum atomic E-state index is 9.52. The van der Waals surface area contributed by atoms with E-state index < -0.39 is 9.92 Å². The molecule has 0 fully saturated rings. The van der Waals surface area contributed by atoms with Gasteiger partial charge in [-0.1, -0.05) is 18.2 Å². The molecule has 0 aromatic heterocycles. The summed E-state index contributed by atoms with van der Waals surface area (Å²) in [5, 5.41) is 2.30. The lowest BCUT2D eigenvalue weighted by Crippen LogP contribution is -2.06. The lowest BCUT2D eigenvalue weighted by molar-refractivity contribution is 0.359. The first-order valence-corrected chi connectivity index (χ1v) is 4.45. The van der Waals surface area contributed by atoms with Crippen molar-refractivity contribution in [2.75, 3.05) is 4.98 Å². The van der Waals surface area contributed by atoms with Crippen LogP contribution in [0.4, 0.5) is 5.69 Å². The molecule has 0 amide bonds. The van der Waals surface area contributed by atoms with Crippen LogP contribution in [0.5, 0.6) is 0 Å². The zero-order chi connectivity index (χ0) is 7.94. The Hall–Kier alpha value is -1.36. The minimum Gasteiger partial charge on any atom is -0.406 e. The number of hydrogen-bond acceptors (Lipinski definition) is 4. The molecule has 11 heavy (non-hydrogen) atoms. The highest BCUT2D eigenvalue weighted by Gasteiger charge is 1.88. The molecule has 0 spiro atoms. The normalized spacial score (nSPS) is 9.82. The van der Waals surface area contributed by atoms with Gasteiger partial charge in [0.25, 0.3) is 0 Å². The quantitative estimate of drug-likeness (QED) is 0.313. The predicted octanol–water partition coefficient (Wildman–Crippen LogP) is 0.795. The van der Waals surface area contributed by atoms with E-state index >= 15 is 0 Å². The molecule has 4 nitrogen and oxygen atoms in total. The monoisotopic (exact) mass is 168 g/mol. The van der Waals surface area contributed by atoms with E-state index in [9.17, 15) is 4.91 Å². The number of rotatable bonds is 4. The van der Waals surface area contributed by atoms with E-state index in [1.54, 1.807) is 0 Å². The molecule has 0 radical (unpaired) electrons. The Morgan fingerprint density at radius 3 is 2.73 bits per heavy atom. The van der Waals surface area contributed by atoms with E-state index in [2.05, 4.69) is 14.8 Å². The highest BCUT2D eigenvalue weighted by molar-refractivity contribution is 6.32. The molecule has 0 aliphatic carbocycles. The topological polar surface area (TPSA) is 50.7 Å². The van der Waals surface area contributed by atoms with Crippen molar-refractivity contribution < 1.29 is 4.53 Å². The van der Waals surface area contributed by atoms with Crippen LogP contribution >= 0.6 is 0 Å². The molecule has 0 atom stereocenters. The average molecular weight is 168 g/mol. The van der Waals surface area contributed by atoms with Crippen molar-refractivity contribution in [1.82, 2.24) is 0 Å². The van der Waals surface area contributed by atoms with Crippen molar-refractivity contribution >= 4 is 15.6 Å². The molecule has 0 saturated heterocycles. The molecule has 5 heteroatoms. The van der Waals surface area contributed by atoms with Crippen LogP contribution in [0.3, 0.4) is 0 Å². The number of benzene rings is 1. The molecule has 58 valence electrons. The first-order valence-electron chi connectivity index (χ1n) is 3.17. The Morgan fingerprint density at radius 2 is 2.09 bits per heavy atom. The zero-order valence-corrected chi connectivity index (χ0v) is 7.27. The largest absolute Gasteiger partial charge is 0.406 e. The zero-order valence-electron chi connectivity index (χ0n) is 5.86. The summed E-state index contributed by atoms with van der Waals surface area (Å²) < 4.78 is 4.33. The molecule has 1 aromatic carbocycles. The van der Waals surface area contributed by atoms with Gasteiger partial charge in [0.05, 0.1) is 0 Å². The minimum absolute atomic E-state index is 0.961. The second-order valence-electron chi connectivity index (χ2n) is 1.89. The third-order valence-corrected chi connectivity index (χ3v) is 1.95. The van der Waals surface area contributed by atoms with Gasteiger partial charge in [-0.3, -0.25) is 0 Å². The van der Waals surface area contributed by atoms with Crippen molar-refractivity contribution in [2.45, 2.75) is 0 Å². The standard InChI is InChI=1S/C6H8N2O2Si/c9-8-10-11-7-6-4-2-1-3-5-6/h1-5,7H,11H2. The average Bonchev–Trinajstić information content (AvgIpc) is 2.07. The molecule has 1 rings (SSSR count). The molecule has 1 aromatic rings. The van der Waals surface area contributed by atoms with Gasteiger partial charge in [-0.25, -0.2) is 0 Å². The summed E-state index contributed by atoms with van der Waals surface area (Å²) >= 11 is 0. The van der Waals surface area contributed by atoms with Gasteiger partial charge in [-0.05, 0) is 12.1 Å². The van der Waals surface area contributed by atoms with E-state index in [1.165, 1.54) is 0 Å². The van der Waals surface area contributed by atoms with Crippen LogP contribution in [-0.2, 0) is 4.53 Å². The second-order valence-corrected chi connectivity index (χ2v) is 2.79. The van der Waals surface area contributed by atoms with Crippen LogP contribution in [-0.4, -0.2) is 9.92 Å². The summed E-state index contributed by atoms with van der Waals surface area (Å²) in [4.78, 5) is 12.5. The number of nitrogens with zero attached hydrogens (tertiary/aromatic N) is 1. The SMILES string of the molecule is O=NO[SiH2]Nc1ccccc1. The van der Waals surface area contributed by atoms with Crippen LogP contribution in [0.2, 0.25) is 0 Å². The summed E-state index contributed by atoms with van der Waals surface area (Å²) in [7, 11) is -1.02. The Balaban J connectivity index is 2.33. The predicted molar refractivity (Wildman–Crippen MR) is 45.5 cm³/mol. The third-order valence-electron chi connectivity index (χ3n) is 1.17. The third kappa shape index (κ3) is 2.81. The van der Waals surface area contributed by atoms with E-state index in [-0.39, 0.29) is 0 Å². The Bertz CT molecular complexity index is 217. The van der Waals surface area contributed by atoms with E-state index in [0.29, 0.717) is 0 Å².